The number of nitrogens with zero attached hydrogens (tertiary/aromatic N) is 4. The van der Waals surface area contributed by atoms with Crippen LogP contribution >= 0.6 is 11.6 Å². The lowest BCUT2D eigenvalue weighted by molar-refractivity contribution is -0.147. The van der Waals surface area contributed by atoms with E-state index in [4.69, 9.17) is 11.6 Å². The van der Waals surface area contributed by atoms with Crippen molar-refractivity contribution in [3.63, 3.8) is 0 Å². The summed E-state index contributed by atoms with van der Waals surface area (Å²) in [5.41, 5.74) is -0.363. The van der Waals surface area contributed by atoms with Gasteiger partial charge in [0.05, 0.1) is 10.9 Å². The fourth-order valence-corrected chi connectivity index (χ4v) is 5.64. The molecule has 1 amide bonds. The van der Waals surface area contributed by atoms with Gasteiger partial charge in [-0.1, -0.05) is 29.8 Å². The lowest BCUT2D eigenvalue weighted by Crippen LogP contribution is -2.41. The maximum Gasteiger partial charge on any atom is 0.258 e. The summed E-state index contributed by atoms with van der Waals surface area (Å²) >= 11 is 6.23. The summed E-state index contributed by atoms with van der Waals surface area (Å²) in [7, 11) is -1.40. The van der Waals surface area contributed by atoms with Crippen molar-refractivity contribution in [3.8, 4) is 0 Å². The van der Waals surface area contributed by atoms with Crippen LogP contribution in [0.4, 0.5) is 4.39 Å². The number of rotatable bonds is 8. The molecule has 0 spiro atoms. The third-order valence-corrected chi connectivity index (χ3v) is 7.97. The minimum atomic E-state index is -4.31. The number of likely N-dealkylation sites (N-methyl/N-ethyl adjacent to an activating group) is 1. The van der Waals surface area contributed by atoms with Gasteiger partial charge in [0.1, 0.15) is 5.82 Å². The molecule has 3 atom stereocenters. The summed E-state index contributed by atoms with van der Waals surface area (Å²) in [6.45, 7) is 6.46. The Hall–Kier alpha value is -2.93. The normalized spacial score (nSPS) is 15.2. The van der Waals surface area contributed by atoms with Crippen LogP contribution in [-0.2, 0) is 20.4 Å². The van der Waals surface area contributed by atoms with Gasteiger partial charge in [-0.2, -0.15) is 9.94 Å². The molecule has 0 aliphatic carbocycles. The highest BCUT2D eigenvalue weighted by Gasteiger charge is 2.38. The zero-order valence-electron chi connectivity index (χ0n) is 20.7. The van der Waals surface area contributed by atoms with E-state index in [9.17, 15) is 22.7 Å². The summed E-state index contributed by atoms with van der Waals surface area (Å²) in [6, 6.07) is 5.51. The fraction of sp³-hybridized carbons (Fsp3) is 0.391. The number of aromatic nitrogens is 4. The maximum atomic E-state index is 14.9. The molecule has 0 bridgehead atoms. The van der Waals surface area contributed by atoms with Crippen molar-refractivity contribution in [1.29, 1.82) is 0 Å². The van der Waals surface area contributed by atoms with Crippen molar-refractivity contribution >= 4 is 27.5 Å². The molecule has 0 aliphatic heterocycles. The number of amides is 1. The number of hydrogen-bond acceptors (Lipinski definition) is 7. The number of aryl methyl sites for hydroxylation is 1. The third kappa shape index (κ3) is 5.26. The van der Waals surface area contributed by atoms with Gasteiger partial charge in [0.15, 0.2) is 11.4 Å². The minimum absolute atomic E-state index is 0.00897. The number of aliphatic hydroxyl groups is 1. The predicted molar refractivity (Wildman–Crippen MR) is 131 cm³/mol. The highest BCUT2D eigenvalue weighted by molar-refractivity contribution is 7.89. The van der Waals surface area contributed by atoms with Gasteiger partial charge < -0.3 is 10.0 Å². The average Bonchev–Trinajstić information content (AvgIpc) is 3.34. The van der Waals surface area contributed by atoms with Crippen LogP contribution in [0.2, 0.25) is 5.02 Å². The number of aromatic amines is 1. The number of nitrogens with one attached hydrogen (secondary N) is 2. The van der Waals surface area contributed by atoms with E-state index in [1.54, 1.807) is 19.9 Å². The molecule has 10 nitrogen and oxygen atoms in total. The Morgan fingerprint density at radius 3 is 2.50 bits per heavy atom. The molecule has 0 saturated heterocycles. The number of carbonyl (C=O) groups excluding carboxylic acids is 1. The van der Waals surface area contributed by atoms with E-state index in [2.05, 4.69) is 25.3 Å². The smallest absolute Gasteiger partial charge is 0.258 e. The first-order valence-corrected chi connectivity index (χ1v) is 12.8. The van der Waals surface area contributed by atoms with E-state index in [0.29, 0.717) is 11.1 Å². The van der Waals surface area contributed by atoms with E-state index in [1.165, 1.54) is 44.1 Å². The first-order chi connectivity index (χ1) is 16.7. The van der Waals surface area contributed by atoms with Gasteiger partial charge in [-0.3, -0.25) is 4.79 Å². The van der Waals surface area contributed by atoms with E-state index in [0.717, 1.165) is 11.6 Å². The van der Waals surface area contributed by atoms with Crippen LogP contribution in [0.25, 0.3) is 0 Å². The molecule has 36 heavy (non-hydrogen) atoms. The van der Waals surface area contributed by atoms with Crippen molar-refractivity contribution in [1.82, 2.24) is 30.2 Å². The van der Waals surface area contributed by atoms with Crippen molar-refractivity contribution in [2.45, 2.75) is 50.2 Å². The zero-order valence-corrected chi connectivity index (χ0v) is 22.2. The van der Waals surface area contributed by atoms with Crippen molar-refractivity contribution < 1.29 is 22.7 Å². The van der Waals surface area contributed by atoms with Gasteiger partial charge in [0.2, 0.25) is 10.0 Å². The van der Waals surface area contributed by atoms with E-state index < -0.39 is 39.3 Å². The molecule has 2 aromatic carbocycles. The van der Waals surface area contributed by atoms with Crippen molar-refractivity contribution in [3.05, 3.63) is 69.2 Å². The van der Waals surface area contributed by atoms with E-state index >= 15 is 0 Å². The monoisotopic (exact) mass is 538 g/mol. The first kappa shape index (κ1) is 27.7. The average molecular weight is 539 g/mol. The topological polar surface area (TPSA) is 141 Å². The fourth-order valence-electron chi connectivity index (χ4n) is 4.04. The lowest BCUT2D eigenvalue weighted by Gasteiger charge is -2.28. The van der Waals surface area contributed by atoms with E-state index in [-0.39, 0.29) is 21.3 Å². The molecule has 3 unspecified atom stereocenters. The lowest BCUT2D eigenvalue weighted by atomic mass is 9.88. The summed E-state index contributed by atoms with van der Waals surface area (Å²) < 4.78 is 44.4. The third-order valence-electron chi connectivity index (χ3n) is 6.21. The van der Waals surface area contributed by atoms with Crippen LogP contribution in [0, 0.1) is 19.7 Å². The molecular formula is C23H28ClFN6O4S. The predicted octanol–water partition coefficient (Wildman–Crippen LogP) is 2.73. The second kappa shape index (κ2) is 10.2. The van der Waals surface area contributed by atoms with Crippen LogP contribution in [0.15, 0.2) is 35.2 Å². The standard InChI is InChI=1S/C23H28ClFN6O4S/c1-12-7-10-18(25)19(13(12)2)14(3)20(21-26-29-30-27-21)28-36(34,35)15-8-9-17(24)16(11-15)23(4,33)22(32)31(5)6/h7-11,14,20,28,33H,1-6H3,(H,26,27,29,30). The van der Waals surface area contributed by atoms with Gasteiger partial charge in [-0.25, -0.2) is 12.8 Å². The van der Waals surface area contributed by atoms with Crippen LogP contribution in [0.1, 0.15) is 53.9 Å². The summed E-state index contributed by atoms with van der Waals surface area (Å²) in [4.78, 5) is 13.4. The van der Waals surface area contributed by atoms with Crippen LogP contribution in [0.5, 0.6) is 0 Å². The van der Waals surface area contributed by atoms with Crippen molar-refractivity contribution in [2.24, 2.45) is 0 Å². The van der Waals surface area contributed by atoms with Gasteiger partial charge in [0, 0.05) is 30.6 Å². The van der Waals surface area contributed by atoms with Gasteiger partial charge in [-0.15, -0.1) is 10.2 Å². The van der Waals surface area contributed by atoms with Gasteiger partial charge in [0.25, 0.3) is 5.91 Å². The molecule has 0 radical (unpaired) electrons. The summed E-state index contributed by atoms with van der Waals surface area (Å²) in [6.07, 6.45) is 0. The Morgan fingerprint density at radius 2 is 1.92 bits per heavy atom. The summed E-state index contributed by atoms with van der Waals surface area (Å²) in [5, 5.41) is 24.6. The zero-order chi connectivity index (χ0) is 27.0. The minimum Gasteiger partial charge on any atom is -0.375 e. The molecule has 3 rings (SSSR count). The Labute approximate surface area is 213 Å². The second-order valence-electron chi connectivity index (χ2n) is 8.97. The highest BCUT2D eigenvalue weighted by atomic mass is 35.5. The van der Waals surface area contributed by atoms with Crippen LogP contribution in [-0.4, -0.2) is 59.1 Å². The van der Waals surface area contributed by atoms with E-state index in [1.807, 2.05) is 6.92 Å². The maximum absolute atomic E-state index is 14.9. The van der Waals surface area contributed by atoms with Crippen LogP contribution < -0.4 is 4.72 Å². The molecule has 0 aliphatic rings. The van der Waals surface area contributed by atoms with Gasteiger partial charge >= 0.3 is 0 Å². The number of H-pyrrole nitrogens is 1. The van der Waals surface area contributed by atoms with Crippen molar-refractivity contribution in [2.75, 3.05) is 14.1 Å². The Morgan fingerprint density at radius 1 is 1.25 bits per heavy atom. The second-order valence-corrected chi connectivity index (χ2v) is 11.1. The number of hydrogen-bond donors (Lipinski definition) is 3. The van der Waals surface area contributed by atoms with Crippen LogP contribution in [0.3, 0.4) is 0 Å². The Balaban J connectivity index is 2.08. The number of benzene rings is 2. The number of tetrazole rings is 1. The molecule has 1 heterocycles. The molecule has 194 valence electrons. The highest BCUT2D eigenvalue weighted by Crippen LogP contribution is 2.36. The summed E-state index contributed by atoms with van der Waals surface area (Å²) in [5.74, 6) is -1.90. The SMILES string of the molecule is Cc1ccc(F)c(C(C)C(NS(=O)(=O)c2ccc(Cl)c(C(C)(O)C(=O)N(C)C)c2)c2nn[nH]n2)c1C. The largest absolute Gasteiger partial charge is 0.375 e. The molecule has 0 fully saturated rings. The first-order valence-electron chi connectivity index (χ1n) is 10.9. The molecular weight excluding hydrogens is 511 g/mol. The molecule has 3 N–H and O–H groups in total. The quantitative estimate of drug-likeness (QED) is 0.400. The molecule has 1 aromatic heterocycles. The molecule has 13 heteroatoms. The number of halogens is 2. The van der Waals surface area contributed by atoms with Gasteiger partial charge in [-0.05, 0) is 61.7 Å². The number of sulfonamides is 1. The number of carbonyl (C=O) groups is 1. The Bertz CT molecular complexity index is 1380. The Kier molecular flexibility index (Phi) is 7.84. The molecule has 0 saturated carbocycles. The molecule has 3 aromatic rings.